The van der Waals surface area contributed by atoms with Crippen molar-refractivity contribution in [3.63, 3.8) is 0 Å². The molecule has 1 rings (SSSR count). The molecule has 0 amide bonds. The molecule has 0 fully saturated rings. The molecule has 0 atom stereocenters. The SMILES string of the molecule is CC.Cc1[c-]c(C)c(Cl)c(C(F)(F)F)c1.[CH3-].[K+]. The molecule has 0 nitrogen and oxygen atoms in total. The molecule has 0 saturated carbocycles. The summed E-state index contributed by atoms with van der Waals surface area (Å²) < 4.78 is 36.9. The minimum Gasteiger partial charge on any atom is -0.358 e. The van der Waals surface area contributed by atoms with Gasteiger partial charge in [-0.25, -0.2) is 0 Å². The first-order valence-corrected chi connectivity index (χ1v) is 4.96. The third-order valence-electron chi connectivity index (χ3n) is 1.62. The normalized spacial score (nSPS) is 9.41. The van der Waals surface area contributed by atoms with E-state index >= 15 is 0 Å². The quantitative estimate of drug-likeness (QED) is 0.508. The van der Waals surface area contributed by atoms with Gasteiger partial charge in [0.1, 0.15) is 0 Å². The predicted molar refractivity (Wildman–Crippen MR) is 62.5 cm³/mol. The Balaban J connectivity index is -0.000000464. The minimum absolute atomic E-state index is 0. The molecule has 0 heterocycles. The zero-order chi connectivity index (χ0) is 12.2. The van der Waals surface area contributed by atoms with Crippen LogP contribution in [0.25, 0.3) is 0 Å². The van der Waals surface area contributed by atoms with Crippen LogP contribution in [0, 0.1) is 27.3 Å². The average Bonchev–Trinajstić information content (AvgIpc) is 2.13. The summed E-state index contributed by atoms with van der Waals surface area (Å²) in [5, 5.41) is -0.266. The van der Waals surface area contributed by atoms with Crippen LogP contribution < -0.4 is 51.4 Å². The van der Waals surface area contributed by atoms with Gasteiger partial charge in [-0.15, -0.1) is 5.56 Å². The van der Waals surface area contributed by atoms with E-state index in [1.165, 1.54) is 6.92 Å². The maximum absolute atomic E-state index is 12.3. The Hall–Kier alpha value is 0.936. The molecule has 1 aromatic rings. The first kappa shape index (κ1) is 23.1. The second-order valence-electron chi connectivity index (χ2n) is 2.80. The number of rotatable bonds is 0. The molecule has 0 aromatic heterocycles. The van der Waals surface area contributed by atoms with E-state index in [1.807, 2.05) is 13.8 Å². The molecule has 0 saturated heterocycles. The van der Waals surface area contributed by atoms with Crippen molar-refractivity contribution < 1.29 is 64.6 Å². The molecule has 1 aromatic carbocycles. The fraction of sp³-hybridized carbons (Fsp3) is 0.417. The fourth-order valence-corrected chi connectivity index (χ4v) is 1.28. The van der Waals surface area contributed by atoms with E-state index in [2.05, 4.69) is 6.07 Å². The van der Waals surface area contributed by atoms with Crippen LogP contribution in [0.1, 0.15) is 30.5 Å². The first-order valence-electron chi connectivity index (χ1n) is 4.58. The summed E-state index contributed by atoms with van der Waals surface area (Å²) in [6.07, 6.45) is -4.39. The van der Waals surface area contributed by atoms with E-state index in [9.17, 15) is 13.2 Å². The maximum atomic E-state index is 12.3. The molecule has 0 aliphatic rings. The zero-order valence-corrected chi connectivity index (χ0v) is 15.0. The summed E-state index contributed by atoms with van der Waals surface area (Å²) in [4.78, 5) is 0. The Labute approximate surface area is 149 Å². The van der Waals surface area contributed by atoms with E-state index in [1.54, 1.807) is 6.92 Å². The van der Waals surface area contributed by atoms with Crippen LogP contribution >= 0.6 is 11.6 Å². The summed E-state index contributed by atoms with van der Waals surface area (Å²) in [7, 11) is 0. The van der Waals surface area contributed by atoms with Crippen molar-refractivity contribution in [1.29, 1.82) is 0 Å². The molecule has 0 unspecified atom stereocenters. The molecule has 0 radical (unpaired) electrons. The Kier molecular flexibility index (Phi) is 13.3. The predicted octanol–water partition coefficient (Wildman–Crippen LogP) is 2.26. The van der Waals surface area contributed by atoms with Gasteiger partial charge in [-0.1, -0.05) is 32.7 Å². The molecule has 94 valence electrons. The van der Waals surface area contributed by atoms with E-state index in [0.717, 1.165) is 6.07 Å². The summed E-state index contributed by atoms with van der Waals surface area (Å²) >= 11 is 5.50. The third kappa shape index (κ3) is 7.18. The molecule has 0 aliphatic heterocycles. The van der Waals surface area contributed by atoms with Crippen molar-refractivity contribution >= 4 is 11.6 Å². The molecule has 0 aliphatic carbocycles. The summed E-state index contributed by atoms with van der Waals surface area (Å²) in [5.74, 6) is 0. The van der Waals surface area contributed by atoms with Crippen molar-refractivity contribution in [3.8, 4) is 0 Å². The Morgan fingerprint density at radius 3 is 1.94 bits per heavy atom. The molecule has 5 heteroatoms. The van der Waals surface area contributed by atoms with Gasteiger partial charge < -0.3 is 7.43 Å². The second-order valence-corrected chi connectivity index (χ2v) is 3.18. The Morgan fingerprint density at radius 1 is 1.18 bits per heavy atom. The number of hydrogen-bond donors (Lipinski definition) is 0. The van der Waals surface area contributed by atoms with Crippen LogP contribution in [0.2, 0.25) is 5.02 Å². The van der Waals surface area contributed by atoms with Gasteiger partial charge in [0.15, 0.2) is 0 Å². The molecular weight excluding hydrogens is 276 g/mol. The monoisotopic (exact) mass is 291 g/mol. The smallest absolute Gasteiger partial charge is 0.358 e. The fourth-order valence-electron chi connectivity index (χ4n) is 1.07. The van der Waals surface area contributed by atoms with Gasteiger partial charge in [0.25, 0.3) is 0 Å². The largest absolute Gasteiger partial charge is 1.00 e. The third-order valence-corrected chi connectivity index (χ3v) is 2.10. The zero-order valence-electron chi connectivity index (χ0n) is 11.1. The minimum atomic E-state index is -4.39. The molecule has 0 N–H and O–H groups in total. The molecule has 17 heavy (non-hydrogen) atoms. The van der Waals surface area contributed by atoms with Crippen molar-refractivity contribution in [2.75, 3.05) is 0 Å². The number of alkyl halides is 3. The molecule has 0 spiro atoms. The van der Waals surface area contributed by atoms with Gasteiger partial charge >= 0.3 is 57.6 Å². The topological polar surface area (TPSA) is 0 Å². The number of hydrogen-bond acceptors (Lipinski definition) is 0. The van der Waals surface area contributed by atoms with Gasteiger partial charge in [-0.05, 0) is 5.56 Å². The summed E-state index contributed by atoms with van der Waals surface area (Å²) in [5.41, 5.74) is -0.0221. The molecule has 0 bridgehead atoms. The standard InChI is InChI=1S/C9H7ClF3.C2H6.CH3.K/c1-5-3-6(2)8(10)7(4-5)9(11,12)13;1-2;;/h4H,1-2H3;1-2H3;1H3;/q-1;;-1;+1. The number of benzene rings is 1. The van der Waals surface area contributed by atoms with Crippen LogP contribution in [0.5, 0.6) is 0 Å². The van der Waals surface area contributed by atoms with Crippen molar-refractivity contribution in [1.82, 2.24) is 0 Å². The van der Waals surface area contributed by atoms with Gasteiger partial charge in [0, 0.05) is 0 Å². The summed E-state index contributed by atoms with van der Waals surface area (Å²) in [6.45, 7) is 7.06. The van der Waals surface area contributed by atoms with E-state index < -0.39 is 11.7 Å². The van der Waals surface area contributed by atoms with Gasteiger partial charge in [-0.3, -0.25) is 0 Å². The Morgan fingerprint density at radius 2 is 1.59 bits per heavy atom. The average molecular weight is 292 g/mol. The van der Waals surface area contributed by atoms with E-state index in [0.29, 0.717) is 11.1 Å². The van der Waals surface area contributed by atoms with E-state index in [-0.39, 0.29) is 63.8 Å². The van der Waals surface area contributed by atoms with Crippen molar-refractivity contribution in [3.05, 3.63) is 41.3 Å². The van der Waals surface area contributed by atoms with Crippen LogP contribution in [0.4, 0.5) is 13.2 Å². The number of aryl methyl sites for hydroxylation is 2. The van der Waals surface area contributed by atoms with Crippen LogP contribution in [0.3, 0.4) is 0 Å². The van der Waals surface area contributed by atoms with Gasteiger partial charge in [0.2, 0.25) is 0 Å². The van der Waals surface area contributed by atoms with Gasteiger partial charge in [0.05, 0.1) is 0 Å². The summed E-state index contributed by atoms with van der Waals surface area (Å²) in [6, 6.07) is 3.71. The molecular formula is C12H16ClF3K-. The number of halogens is 4. The van der Waals surface area contributed by atoms with Crippen LogP contribution in [-0.4, -0.2) is 0 Å². The Bertz CT molecular complexity index is 335. The second kappa shape index (κ2) is 9.81. The van der Waals surface area contributed by atoms with Gasteiger partial charge in [-0.2, -0.15) is 42.5 Å². The first-order chi connectivity index (χ1) is 6.82. The van der Waals surface area contributed by atoms with Crippen LogP contribution in [-0.2, 0) is 6.18 Å². The van der Waals surface area contributed by atoms with E-state index in [4.69, 9.17) is 11.6 Å². The maximum Gasteiger partial charge on any atom is 1.00 e. The van der Waals surface area contributed by atoms with Crippen LogP contribution in [0.15, 0.2) is 6.07 Å². The van der Waals surface area contributed by atoms with Crippen molar-refractivity contribution in [2.45, 2.75) is 33.9 Å². The van der Waals surface area contributed by atoms with Crippen molar-refractivity contribution in [2.24, 2.45) is 0 Å².